The van der Waals surface area contributed by atoms with E-state index in [-0.39, 0.29) is 22.7 Å². The third-order valence-electron chi connectivity index (χ3n) is 4.53. The number of aromatic hydroxyl groups is 1. The maximum Gasteiger partial charge on any atom is 0.235 e. The number of phenolic OH excluding ortho intramolecular Hbond substituents is 1. The lowest BCUT2D eigenvalue weighted by Gasteiger charge is -2.20. The molecule has 0 fully saturated rings. The Balaban J connectivity index is 1.90. The van der Waals surface area contributed by atoms with Crippen molar-refractivity contribution in [3.63, 3.8) is 0 Å². The van der Waals surface area contributed by atoms with E-state index in [1.54, 1.807) is 18.5 Å². The van der Waals surface area contributed by atoms with Crippen LogP contribution in [0.2, 0.25) is 0 Å². The molecule has 2 aromatic carbocycles. The topological polar surface area (TPSA) is 85.6 Å². The monoisotopic (exact) mass is 397 g/mol. The van der Waals surface area contributed by atoms with Crippen LogP contribution < -0.4 is 14.8 Å². The summed E-state index contributed by atoms with van der Waals surface area (Å²) in [4.78, 5) is 16.6. The van der Waals surface area contributed by atoms with Gasteiger partial charge in [0, 0.05) is 5.69 Å². The molecule has 8 heteroatoms. The van der Waals surface area contributed by atoms with Crippen LogP contribution in [0.1, 0.15) is 16.5 Å². The quantitative estimate of drug-likeness (QED) is 0.702. The van der Waals surface area contributed by atoms with Crippen LogP contribution in [0.3, 0.4) is 0 Å². The van der Waals surface area contributed by atoms with Crippen molar-refractivity contribution < 1.29 is 19.4 Å². The molecule has 4 rings (SSSR count). The zero-order chi connectivity index (χ0) is 19.7. The van der Waals surface area contributed by atoms with Crippen molar-refractivity contribution in [2.24, 2.45) is 0 Å². The number of thioether (sulfide) groups is 1. The molecule has 2 N–H and O–H groups in total. The van der Waals surface area contributed by atoms with Crippen molar-refractivity contribution in [2.75, 3.05) is 25.3 Å². The summed E-state index contributed by atoms with van der Waals surface area (Å²) in [6.07, 6.45) is 1.70. The number of amides is 1. The summed E-state index contributed by atoms with van der Waals surface area (Å²) in [5.74, 6) is 1.26. The SMILES string of the molecule is COc1cc([C@@H]2SCC(=O)Nc3ncn(-c4ccccc4)c32)cc(OC)c1O. The summed E-state index contributed by atoms with van der Waals surface area (Å²) in [5.41, 5.74) is 2.62. The van der Waals surface area contributed by atoms with Gasteiger partial charge in [0.15, 0.2) is 17.3 Å². The van der Waals surface area contributed by atoms with E-state index in [0.29, 0.717) is 17.3 Å². The highest BCUT2D eigenvalue weighted by Gasteiger charge is 2.30. The van der Waals surface area contributed by atoms with Gasteiger partial charge in [-0.3, -0.25) is 9.36 Å². The first kappa shape index (κ1) is 18.2. The van der Waals surface area contributed by atoms with Gasteiger partial charge in [-0.15, -0.1) is 11.8 Å². The molecular formula is C20H19N3O4S. The number of nitrogens with zero attached hydrogens (tertiary/aromatic N) is 2. The van der Waals surface area contributed by atoms with Crippen LogP contribution in [0.15, 0.2) is 48.8 Å². The van der Waals surface area contributed by atoms with E-state index in [9.17, 15) is 9.90 Å². The number of methoxy groups -OCH3 is 2. The number of hydrogen-bond acceptors (Lipinski definition) is 6. The Hall–Kier alpha value is -3.13. The molecule has 1 atom stereocenters. The molecule has 1 aliphatic heterocycles. The number of rotatable bonds is 4. The van der Waals surface area contributed by atoms with E-state index >= 15 is 0 Å². The third-order valence-corrected chi connectivity index (χ3v) is 5.79. The van der Waals surface area contributed by atoms with Crippen molar-refractivity contribution in [2.45, 2.75) is 5.25 Å². The Bertz CT molecular complexity index is 995. The second-order valence-electron chi connectivity index (χ2n) is 6.20. The molecular weight excluding hydrogens is 378 g/mol. The molecule has 0 unspecified atom stereocenters. The second kappa shape index (κ2) is 7.47. The summed E-state index contributed by atoms with van der Waals surface area (Å²) in [5, 5.41) is 12.9. The van der Waals surface area contributed by atoms with E-state index in [2.05, 4.69) is 10.3 Å². The van der Waals surface area contributed by atoms with Crippen molar-refractivity contribution in [3.05, 3.63) is 60.0 Å². The number of anilines is 1. The first-order valence-corrected chi connectivity index (χ1v) is 9.66. The normalized spacial score (nSPS) is 16.1. The minimum atomic E-state index is -0.222. The number of phenols is 1. The average molecular weight is 397 g/mol. The third kappa shape index (κ3) is 3.16. The molecule has 28 heavy (non-hydrogen) atoms. The van der Waals surface area contributed by atoms with Gasteiger partial charge in [-0.25, -0.2) is 4.98 Å². The Morgan fingerprint density at radius 3 is 2.50 bits per heavy atom. The van der Waals surface area contributed by atoms with Gasteiger partial charge in [0.1, 0.15) is 6.33 Å². The van der Waals surface area contributed by atoms with E-state index in [1.165, 1.54) is 26.0 Å². The number of carbonyl (C=O) groups excluding carboxylic acids is 1. The van der Waals surface area contributed by atoms with Crippen molar-refractivity contribution in [1.29, 1.82) is 0 Å². The molecule has 0 aliphatic carbocycles. The average Bonchev–Trinajstić information content (AvgIpc) is 3.05. The summed E-state index contributed by atoms with van der Waals surface area (Å²) in [7, 11) is 2.98. The molecule has 144 valence electrons. The van der Waals surface area contributed by atoms with Gasteiger partial charge in [-0.1, -0.05) is 18.2 Å². The van der Waals surface area contributed by atoms with Gasteiger partial charge < -0.3 is 19.9 Å². The highest BCUT2D eigenvalue weighted by molar-refractivity contribution is 8.00. The van der Waals surface area contributed by atoms with Crippen LogP contribution in [0.25, 0.3) is 5.69 Å². The number of carbonyl (C=O) groups is 1. The fourth-order valence-corrected chi connectivity index (χ4v) is 4.33. The van der Waals surface area contributed by atoms with Gasteiger partial charge >= 0.3 is 0 Å². The lowest BCUT2D eigenvalue weighted by molar-refractivity contribution is -0.113. The Labute approximate surface area is 166 Å². The summed E-state index contributed by atoms with van der Waals surface area (Å²) >= 11 is 1.48. The Kier molecular flexibility index (Phi) is 4.87. The van der Waals surface area contributed by atoms with E-state index in [4.69, 9.17) is 9.47 Å². The highest BCUT2D eigenvalue weighted by Crippen LogP contribution is 2.46. The van der Waals surface area contributed by atoms with Crippen LogP contribution >= 0.6 is 11.8 Å². The molecule has 0 bridgehead atoms. The summed E-state index contributed by atoms with van der Waals surface area (Å²) < 4.78 is 12.6. The van der Waals surface area contributed by atoms with Crippen molar-refractivity contribution >= 4 is 23.5 Å². The smallest absolute Gasteiger partial charge is 0.235 e. The van der Waals surface area contributed by atoms with Gasteiger partial charge in [-0.05, 0) is 29.8 Å². The van der Waals surface area contributed by atoms with Gasteiger partial charge in [0.2, 0.25) is 11.7 Å². The lowest BCUT2D eigenvalue weighted by atomic mass is 10.1. The largest absolute Gasteiger partial charge is 0.502 e. The number of fused-ring (bicyclic) bond motifs is 1. The van der Waals surface area contributed by atoms with Crippen molar-refractivity contribution in [3.8, 4) is 22.9 Å². The molecule has 0 spiro atoms. The Morgan fingerprint density at radius 1 is 1.18 bits per heavy atom. The lowest BCUT2D eigenvalue weighted by Crippen LogP contribution is -2.12. The molecule has 2 heterocycles. The number of para-hydroxylation sites is 1. The zero-order valence-electron chi connectivity index (χ0n) is 15.4. The minimum absolute atomic E-state index is 0.0571. The molecule has 7 nitrogen and oxygen atoms in total. The summed E-state index contributed by atoms with van der Waals surface area (Å²) in [6.45, 7) is 0. The standard InChI is InChI=1S/C20H19N3O4S/c1-26-14-8-12(9-15(27-2)18(14)25)19-17-20(22-16(24)10-28-19)21-11-23(17)13-6-4-3-5-7-13/h3-9,11,19,25H,10H2,1-2H3,(H,22,24)/t19-/m0/s1. The molecule has 3 aromatic rings. The molecule has 1 aliphatic rings. The number of hydrogen-bond donors (Lipinski definition) is 2. The van der Waals surface area contributed by atoms with E-state index in [0.717, 1.165) is 16.9 Å². The van der Waals surface area contributed by atoms with E-state index in [1.807, 2.05) is 34.9 Å². The zero-order valence-corrected chi connectivity index (χ0v) is 16.2. The molecule has 0 radical (unpaired) electrons. The predicted octanol–water partition coefficient (Wildman–Crippen LogP) is 3.37. The fourth-order valence-electron chi connectivity index (χ4n) is 3.22. The number of benzene rings is 2. The predicted molar refractivity (Wildman–Crippen MR) is 108 cm³/mol. The van der Waals surface area contributed by atoms with Crippen molar-refractivity contribution in [1.82, 2.24) is 9.55 Å². The van der Waals surface area contributed by atoms with E-state index < -0.39 is 0 Å². The second-order valence-corrected chi connectivity index (χ2v) is 7.29. The minimum Gasteiger partial charge on any atom is -0.502 e. The summed E-state index contributed by atoms with van der Waals surface area (Å²) in [6, 6.07) is 13.3. The van der Waals surface area contributed by atoms with Crippen LogP contribution in [-0.2, 0) is 4.79 Å². The first-order chi connectivity index (χ1) is 13.6. The van der Waals surface area contributed by atoms with Crippen LogP contribution in [0, 0.1) is 0 Å². The maximum absolute atomic E-state index is 12.2. The Morgan fingerprint density at radius 2 is 1.86 bits per heavy atom. The van der Waals surface area contributed by atoms with Gasteiger partial charge in [0.05, 0.1) is 30.9 Å². The highest BCUT2D eigenvalue weighted by atomic mass is 32.2. The molecule has 0 saturated heterocycles. The molecule has 1 aromatic heterocycles. The number of nitrogens with one attached hydrogen (secondary N) is 1. The maximum atomic E-state index is 12.2. The van der Waals surface area contributed by atoms with Gasteiger partial charge in [0.25, 0.3) is 0 Å². The van der Waals surface area contributed by atoms with Gasteiger partial charge in [-0.2, -0.15) is 0 Å². The van der Waals surface area contributed by atoms with Crippen LogP contribution in [0.5, 0.6) is 17.2 Å². The number of ether oxygens (including phenoxy) is 2. The number of aromatic nitrogens is 2. The van der Waals surface area contributed by atoms with Crippen LogP contribution in [0.4, 0.5) is 5.82 Å². The van der Waals surface area contributed by atoms with Crippen LogP contribution in [-0.4, -0.2) is 40.5 Å². The molecule has 1 amide bonds. The number of imidazole rings is 1. The molecule has 0 saturated carbocycles. The first-order valence-electron chi connectivity index (χ1n) is 8.61. The fraction of sp³-hybridized carbons (Fsp3) is 0.200.